The number of methoxy groups -OCH3 is 1. The predicted octanol–water partition coefficient (Wildman–Crippen LogP) is 6.36. The molecule has 0 amide bonds. The summed E-state index contributed by atoms with van der Waals surface area (Å²) in [5.74, 6) is -1.10. The Morgan fingerprint density at radius 2 is 1.49 bits per heavy atom. The van der Waals surface area contributed by atoms with Crippen LogP contribution in [0.3, 0.4) is 0 Å². The van der Waals surface area contributed by atoms with Crippen molar-refractivity contribution in [2.24, 2.45) is 0 Å². The molecule has 2 aromatic carbocycles. The molecule has 0 fully saturated rings. The second-order valence-corrected chi connectivity index (χ2v) is 9.92. The molecule has 8 heteroatoms. The first kappa shape index (κ1) is 29.4. The van der Waals surface area contributed by atoms with Gasteiger partial charge in [-0.2, -0.15) is 0 Å². The number of hydrogen-bond donors (Lipinski definition) is 3. The van der Waals surface area contributed by atoms with Gasteiger partial charge in [0.2, 0.25) is 5.43 Å². The number of esters is 1. The van der Waals surface area contributed by atoms with Gasteiger partial charge in [0, 0.05) is 30.2 Å². The Bertz CT molecular complexity index is 1550. The van der Waals surface area contributed by atoms with E-state index in [1.807, 2.05) is 26.8 Å². The van der Waals surface area contributed by atoms with Crippen molar-refractivity contribution in [2.75, 3.05) is 13.7 Å². The maximum atomic E-state index is 13.8. The maximum absolute atomic E-state index is 13.8. The van der Waals surface area contributed by atoms with Crippen molar-refractivity contribution in [2.45, 2.75) is 60.3 Å². The van der Waals surface area contributed by atoms with Crippen molar-refractivity contribution in [3.8, 4) is 23.0 Å². The summed E-state index contributed by atoms with van der Waals surface area (Å²) >= 11 is 0. The van der Waals surface area contributed by atoms with E-state index in [0.29, 0.717) is 17.6 Å². The van der Waals surface area contributed by atoms with Crippen molar-refractivity contribution in [1.82, 2.24) is 0 Å². The van der Waals surface area contributed by atoms with E-state index in [2.05, 4.69) is 6.08 Å². The average molecular weight is 537 g/mol. The number of phenolic OH excluding ortho intramolecular Hbond substituents is 3. The molecule has 39 heavy (non-hydrogen) atoms. The zero-order chi connectivity index (χ0) is 28.9. The van der Waals surface area contributed by atoms with Crippen molar-refractivity contribution in [3.63, 3.8) is 0 Å². The first-order valence-electron chi connectivity index (χ1n) is 12.8. The third-order valence-corrected chi connectivity index (χ3v) is 6.45. The van der Waals surface area contributed by atoms with Gasteiger partial charge in [-0.15, -0.1) is 0 Å². The Kier molecular flexibility index (Phi) is 9.46. The molecular formula is C31H36O8. The van der Waals surface area contributed by atoms with Crippen LogP contribution in [0.5, 0.6) is 23.0 Å². The van der Waals surface area contributed by atoms with Gasteiger partial charge in [0.15, 0.2) is 11.5 Å². The van der Waals surface area contributed by atoms with Crippen LogP contribution in [0.1, 0.15) is 58.6 Å². The Morgan fingerprint density at radius 3 is 2.13 bits per heavy atom. The summed E-state index contributed by atoms with van der Waals surface area (Å²) in [5, 5.41) is 32.4. The van der Waals surface area contributed by atoms with E-state index in [1.165, 1.54) is 31.7 Å². The molecule has 0 bridgehead atoms. The lowest BCUT2D eigenvalue weighted by Crippen LogP contribution is -2.08. The summed E-state index contributed by atoms with van der Waals surface area (Å²) in [7, 11) is 1.41. The average Bonchev–Trinajstić information content (AvgIpc) is 2.85. The zero-order valence-electron chi connectivity index (χ0n) is 23.3. The van der Waals surface area contributed by atoms with Crippen molar-refractivity contribution < 1.29 is 34.0 Å². The molecule has 3 aromatic rings. The minimum atomic E-state index is -0.505. The summed E-state index contributed by atoms with van der Waals surface area (Å²) < 4.78 is 16.3. The normalized spacial score (nSPS) is 12.2. The zero-order valence-corrected chi connectivity index (χ0v) is 23.3. The molecule has 0 atom stereocenters. The van der Waals surface area contributed by atoms with Gasteiger partial charge in [-0.1, -0.05) is 29.4 Å². The fourth-order valence-electron chi connectivity index (χ4n) is 4.37. The third kappa shape index (κ3) is 6.82. The van der Waals surface area contributed by atoms with E-state index >= 15 is 0 Å². The number of rotatable bonds is 10. The first-order chi connectivity index (χ1) is 18.4. The van der Waals surface area contributed by atoms with E-state index < -0.39 is 17.1 Å². The standard InChI is InChI=1S/C31H36O8/c1-17(2)8-7-9-18(3)10-13-22-27-25(15-24(34)31(22)37-6)39-26-14-23(33)21(29(35)28(26)30(27)36)12-11-19(4)16-38-20(5)32/h8,10-11,14-15,33-35H,7,9,12-13,16H2,1-6H3/b18-10+,19-11-. The van der Waals surface area contributed by atoms with E-state index in [1.54, 1.807) is 13.0 Å². The van der Waals surface area contributed by atoms with Crippen LogP contribution < -0.4 is 10.2 Å². The summed E-state index contributed by atoms with van der Waals surface area (Å²) in [6.07, 6.45) is 7.97. The number of carbonyl (C=O) groups is 1. The topological polar surface area (TPSA) is 126 Å². The lowest BCUT2D eigenvalue weighted by molar-refractivity contribution is -0.139. The van der Waals surface area contributed by atoms with Gasteiger partial charge in [0.25, 0.3) is 0 Å². The smallest absolute Gasteiger partial charge is 0.302 e. The quantitative estimate of drug-likeness (QED) is 0.155. The third-order valence-electron chi connectivity index (χ3n) is 6.45. The highest BCUT2D eigenvalue weighted by atomic mass is 16.5. The highest BCUT2D eigenvalue weighted by Crippen LogP contribution is 2.40. The fourth-order valence-corrected chi connectivity index (χ4v) is 4.37. The van der Waals surface area contributed by atoms with E-state index in [9.17, 15) is 24.9 Å². The minimum Gasteiger partial charge on any atom is -0.507 e. The van der Waals surface area contributed by atoms with Crippen LogP contribution in [-0.4, -0.2) is 35.0 Å². The summed E-state index contributed by atoms with van der Waals surface area (Å²) in [6.45, 7) is 9.24. The number of phenols is 3. The molecule has 0 spiro atoms. The van der Waals surface area contributed by atoms with E-state index in [0.717, 1.165) is 18.4 Å². The molecule has 1 heterocycles. The minimum absolute atomic E-state index is 0.0178. The second-order valence-electron chi connectivity index (χ2n) is 9.92. The molecule has 8 nitrogen and oxygen atoms in total. The molecule has 0 aliphatic rings. The predicted molar refractivity (Wildman–Crippen MR) is 152 cm³/mol. The lowest BCUT2D eigenvalue weighted by Gasteiger charge is -2.14. The van der Waals surface area contributed by atoms with Crippen LogP contribution in [0.4, 0.5) is 0 Å². The van der Waals surface area contributed by atoms with Crippen LogP contribution in [0.2, 0.25) is 0 Å². The van der Waals surface area contributed by atoms with Gasteiger partial charge in [0.05, 0.1) is 12.5 Å². The first-order valence-corrected chi connectivity index (χ1v) is 12.8. The number of benzene rings is 2. The van der Waals surface area contributed by atoms with Gasteiger partial charge in [-0.3, -0.25) is 9.59 Å². The van der Waals surface area contributed by atoms with Crippen LogP contribution in [-0.2, 0) is 22.4 Å². The molecule has 0 saturated carbocycles. The molecule has 0 aliphatic heterocycles. The monoisotopic (exact) mass is 536 g/mol. The van der Waals surface area contributed by atoms with Crippen molar-refractivity contribution >= 4 is 27.9 Å². The number of ether oxygens (including phenoxy) is 2. The number of carbonyl (C=O) groups excluding carboxylic acids is 1. The van der Waals surface area contributed by atoms with Crippen LogP contribution in [0, 0.1) is 0 Å². The molecule has 0 unspecified atom stereocenters. The Balaban J connectivity index is 2.16. The lowest BCUT2D eigenvalue weighted by atomic mass is 9.98. The van der Waals surface area contributed by atoms with Gasteiger partial charge < -0.3 is 29.2 Å². The molecule has 208 valence electrons. The van der Waals surface area contributed by atoms with E-state index in [4.69, 9.17) is 13.9 Å². The largest absolute Gasteiger partial charge is 0.507 e. The second kappa shape index (κ2) is 12.6. The number of aromatic hydroxyl groups is 3. The Morgan fingerprint density at radius 1 is 0.872 bits per heavy atom. The van der Waals surface area contributed by atoms with Crippen LogP contribution in [0.25, 0.3) is 21.9 Å². The molecule has 0 radical (unpaired) electrons. The van der Waals surface area contributed by atoms with Gasteiger partial charge >= 0.3 is 5.97 Å². The van der Waals surface area contributed by atoms with Crippen LogP contribution >= 0.6 is 0 Å². The highest BCUT2D eigenvalue weighted by Gasteiger charge is 2.23. The highest BCUT2D eigenvalue weighted by molar-refractivity contribution is 5.97. The Hall–Kier alpha value is -4.20. The van der Waals surface area contributed by atoms with E-state index in [-0.39, 0.29) is 57.8 Å². The summed E-state index contributed by atoms with van der Waals surface area (Å²) in [5.41, 5.74) is 3.24. The molecule has 0 aliphatic carbocycles. The molecule has 0 saturated heterocycles. The van der Waals surface area contributed by atoms with Crippen molar-refractivity contribution in [3.05, 3.63) is 68.4 Å². The number of fused-ring (bicyclic) bond motifs is 2. The fraction of sp³-hybridized carbons (Fsp3) is 0.355. The van der Waals surface area contributed by atoms with Crippen molar-refractivity contribution in [1.29, 1.82) is 0 Å². The van der Waals surface area contributed by atoms with Gasteiger partial charge in [-0.25, -0.2) is 0 Å². The molecular weight excluding hydrogens is 500 g/mol. The summed E-state index contributed by atoms with van der Waals surface area (Å²) in [4.78, 5) is 24.9. The SMILES string of the molecule is COc1c(O)cc2oc3cc(O)c(C/C=C(/C)COC(C)=O)c(O)c3c(=O)c2c1C/C=C(\C)CCC=C(C)C. The van der Waals surface area contributed by atoms with Gasteiger partial charge in [-0.05, 0) is 59.0 Å². The number of hydrogen-bond acceptors (Lipinski definition) is 8. The molecule has 3 N–H and O–H groups in total. The summed E-state index contributed by atoms with van der Waals surface area (Å²) in [6, 6.07) is 2.57. The molecule has 3 rings (SSSR count). The van der Waals surface area contributed by atoms with Gasteiger partial charge in [0.1, 0.15) is 34.7 Å². The van der Waals surface area contributed by atoms with Crippen LogP contribution in [0.15, 0.2) is 56.3 Å². The Labute approximate surface area is 227 Å². The molecule has 1 aromatic heterocycles. The maximum Gasteiger partial charge on any atom is 0.302 e. The number of allylic oxidation sites excluding steroid dienone is 5.